The molecule has 0 bridgehead atoms. The molecule has 0 saturated heterocycles. The average Bonchev–Trinajstić information content (AvgIpc) is 2.77. The van der Waals surface area contributed by atoms with Gasteiger partial charge in [-0.05, 0) is 19.3 Å². The Balaban J connectivity index is 2.23. The standard InChI is InChI=1S/C11H21N3O5S/c1-2-13-20(18,19)6-5-12-11(17)14-9-4-3-8(7-9)10(15)16/h8-9,13H,2-7H2,1H3,(H,15,16)(H2,12,14,17)/t8-,9+/m1/s1. The summed E-state index contributed by atoms with van der Waals surface area (Å²) >= 11 is 0. The van der Waals surface area contributed by atoms with E-state index in [0.717, 1.165) is 0 Å². The van der Waals surface area contributed by atoms with Crippen LogP contribution < -0.4 is 15.4 Å². The summed E-state index contributed by atoms with van der Waals surface area (Å²) in [6, 6.07) is -0.630. The molecule has 0 radical (unpaired) electrons. The van der Waals surface area contributed by atoms with Crippen LogP contribution in [0.15, 0.2) is 0 Å². The molecule has 9 heteroatoms. The summed E-state index contributed by atoms with van der Waals surface area (Å²) < 4.78 is 25.0. The molecule has 1 aliphatic rings. The lowest BCUT2D eigenvalue weighted by atomic mass is 10.1. The smallest absolute Gasteiger partial charge is 0.315 e. The monoisotopic (exact) mass is 307 g/mol. The molecule has 0 heterocycles. The van der Waals surface area contributed by atoms with E-state index in [2.05, 4.69) is 15.4 Å². The highest BCUT2D eigenvalue weighted by molar-refractivity contribution is 7.89. The van der Waals surface area contributed by atoms with Crippen molar-refractivity contribution in [3.8, 4) is 0 Å². The number of rotatable bonds is 7. The van der Waals surface area contributed by atoms with E-state index in [1.807, 2.05) is 0 Å². The third kappa shape index (κ3) is 5.74. The molecule has 4 N–H and O–H groups in total. The zero-order valence-electron chi connectivity index (χ0n) is 11.4. The van der Waals surface area contributed by atoms with Crippen molar-refractivity contribution < 1.29 is 23.1 Å². The second-order valence-corrected chi connectivity index (χ2v) is 6.69. The molecule has 1 aliphatic carbocycles. The lowest BCUT2D eigenvalue weighted by molar-refractivity contribution is -0.141. The van der Waals surface area contributed by atoms with Crippen molar-refractivity contribution in [3.63, 3.8) is 0 Å². The van der Waals surface area contributed by atoms with E-state index in [-0.39, 0.29) is 18.3 Å². The number of hydrogen-bond acceptors (Lipinski definition) is 4. The van der Waals surface area contributed by atoms with Crippen molar-refractivity contribution in [2.24, 2.45) is 5.92 Å². The molecule has 116 valence electrons. The minimum Gasteiger partial charge on any atom is -0.481 e. The minimum atomic E-state index is -3.34. The first-order chi connectivity index (χ1) is 9.34. The number of carbonyl (C=O) groups excluding carboxylic acids is 1. The van der Waals surface area contributed by atoms with E-state index in [1.165, 1.54) is 0 Å². The maximum atomic E-state index is 11.5. The molecule has 2 atom stereocenters. The molecular formula is C11H21N3O5S. The van der Waals surface area contributed by atoms with Gasteiger partial charge in [-0.15, -0.1) is 0 Å². The lowest BCUT2D eigenvalue weighted by Crippen LogP contribution is -2.43. The number of amides is 2. The van der Waals surface area contributed by atoms with Gasteiger partial charge in [0.25, 0.3) is 0 Å². The van der Waals surface area contributed by atoms with Crippen LogP contribution in [-0.2, 0) is 14.8 Å². The van der Waals surface area contributed by atoms with Gasteiger partial charge >= 0.3 is 12.0 Å². The topological polar surface area (TPSA) is 125 Å². The van der Waals surface area contributed by atoms with Crippen LogP contribution in [0, 0.1) is 5.92 Å². The van der Waals surface area contributed by atoms with Crippen LogP contribution in [0.5, 0.6) is 0 Å². The zero-order chi connectivity index (χ0) is 15.2. The van der Waals surface area contributed by atoms with Crippen LogP contribution in [0.1, 0.15) is 26.2 Å². The number of nitrogens with one attached hydrogen (secondary N) is 3. The van der Waals surface area contributed by atoms with Gasteiger partial charge in [-0.1, -0.05) is 6.92 Å². The molecule has 0 aromatic heterocycles. The maximum Gasteiger partial charge on any atom is 0.315 e. The number of carboxylic acids is 1. The van der Waals surface area contributed by atoms with Crippen molar-refractivity contribution in [3.05, 3.63) is 0 Å². The first-order valence-corrected chi connectivity index (χ1v) is 8.23. The molecule has 0 aromatic carbocycles. The van der Waals surface area contributed by atoms with Crippen molar-refractivity contribution in [2.75, 3.05) is 18.8 Å². The molecule has 8 nitrogen and oxygen atoms in total. The molecule has 2 amide bonds. The highest BCUT2D eigenvalue weighted by Gasteiger charge is 2.30. The first-order valence-electron chi connectivity index (χ1n) is 6.58. The number of sulfonamides is 1. The fourth-order valence-electron chi connectivity index (χ4n) is 2.16. The average molecular weight is 307 g/mol. The van der Waals surface area contributed by atoms with Crippen molar-refractivity contribution in [1.29, 1.82) is 0 Å². The minimum absolute atomic E-state index is 0.0102. The molecular weight excluding hydrogens is 286 g/mol. The number of aliphatic carboxylic acids is 1. The number of urea groups is 1. The number of hydrogen-bond donors (Lipinski definition) is 4. The first kappa shape index (κ1) is 16.7. The Morgan fingerprint density at radius 1 is 1.30 bits per heavy atom. The number of carbonyl (C=O) groups is 2. The molecule has 20 heavy (non-hydrogen) atoms. The molecule has 1 rings (SSSR count). The third-order valence-electron chi connectivity index (χ3n) is 3.14. The van der Waals surface area contributed by atoms with Crippen LogP contribution in [-0.4, -0.2) is 50.4 Å². The van der Waals surface area contributed by atoms with Gasteiger partial charge in [0, 0.05) is 19.1 Å². The summed E-state index contributed by atoms with van der Waals surface area (Å²) in [5, 5.41) is 13.9. The lowest BCUT2D eigenvalue weighted by Gasteiger charge is -2.13. The summed E-state index contributed by atoms with van der Waals surface area (Å²) in [5.74, 6) is -1.43. The number of carboxylic acid groups (broad SMARTS) is 1. The van der Waals surface area contributed by atoms with Gasteiger partial charge in [-0.3, -0.25) is 4.79 Å². The van der Waals surface area contributed by atoms with Gasteiger partial charge in [0.15, 0.2) is 0 Å². The Morgan fingerprint density at radius 3 is 2.55 bits per heavy atom. The quantitative estimate of drug-likeness (QED) is 0.503. The van der Waals surface area contributed by atoms with E-state index in [0.29, 0.717) is 25.8 Å². The highest BCUT2D eigenvalue weighted by atomic mass is 32.2. The Morgan fingerprint density at radius 2 is 2.00 bits per heavy atom. The normalized spacial score (nSPS) is 22.4. The van der Waals surface area contributed by atoms with Crippen molar-refractivity contribution in [1.82, 2.24) is 15.4 Å². The Kier molecular flexibility index (Phi) is 6.21. The summed E-state index contributed by atoms with van der Waals surface area (Å²) in [5.41, 5.74) is 0. The SMILES string of the molecule is CCNS(=O)(=O)CCNC(=O)N[C@H]1CC[C@@H](C(=O)O)C1. The maximum absolute atomic E-state index is 11.5. The zero-order valence-corrected chi connectivity index (χ0v) is 12.2. The Bertz CT molecular complexity index is 451. The summed E-state index contributed by atoms with van der Waals surface area (Å²) in [6.07, 6.45) is 1.59. The van der Waals surface area contributed by atoms with Crippen LogP contribution in [0.4, 0.5) is 4.79 Å². The molecule has 1 fully saturated rings. The van der Waals surface area contributed by atoms with Gasteiger partial charge < -0.3 is 15.7 Å². The summed E-state index contributed by atoms with van der Waals surface area (Å²) in [4.78, 5) is 22.3. The van der Waals surface area contributed by atoms with Crippen LogP contribution >= 0.6 is 0 Å². The second kappa shape index (κ2) is 7.44. The van der Waals surface area contributed by atoms with E-state index in [9.17, 15) is 18.0 Å². The van der Waals surface area contributed by atoms with Crippen LogP contribution in [0.3, 0.4) is 0 Å². The predicted octanol–water partition coefficient (Wildman–Crippen LogP) is -0.522. The van der Waals surface area contributed by atoms with Gasteiger partial charge in [0.1, 0.15) is 0 Å². The summed E-state index contributed by atoms with van der Waals surface area (Å²) in [6.45, 7) is 2.00. The van der Waals surface area contributed by atoms with E-state index >= 15 is 0 Å². The second-order valence-electron chi connectivity index (χ2n) is 4.76. The van der Waals surface area contributed by atoms with E-state index in [4.69, 9.17) is 5.11 Å². The Labute approximate surface area is 118 Å². The van der Waals surface area contributed by atoms with E-state index in [1.54, 1.807) is 6.92 Å². The van der Waals surface area contributed by atoms with Crippen molar-refractivity contribution in [2.45, 2.75) is 32.2 Å². The van der Waals surface area contributed by atoms with E-state index < -0.39 is 27.9 Å². The molecule has 0 unspecified atom stereocenters. The third-order valence-corrected chi connectivity index (χ3v) is 4.61. The highest BCUT2D eigenvalue weighted by Crippen LogP contribution is 2.25. The fraction of sp³-hybridized carbons (Fsp3) is 0.818. The molecule has 0 spiro atoms. The molecule has 1 saturated carbocycles. The summed E-state index contributed by atoms with van der Waals surface area (Å²) in [7, 11) is -3.34. The van der Waals surface area contributed by atoms with Gasteiger partial charge in [-0.2, -0.15) is 0 Å². The van der Waals surface area contributed by atoms with Crippen molar-refractivity contribution >= 4 is 22.0 Å². The predicted molar refractivity (Wildman–Crippen MR) is 72.8 cm³/mol. The van der Waals surface area contributed by atoms with Gasteiger partial charge in [0.2, 0.25) is 10.0 Å². The molecule has 0 aromatic rings. The van der Waals surface area contributed by atoms with Crippen LogP contribution in [0.2, 0.25) is 0 Å². The molecule has 0 aliphatic heterocycles. The largest absolute Gasteiger partial charge is 0.481 e. The van der Waals surface area contributed by atoms with Gasteiger partial charge in [-0.25, -0.2) is 17.9 Å². The van der Waals surface area contributed by atoms with Crippen LogP contribution in [0.25, 0.3) is 0 Å². The Hall–Kier alpha value is -1.35. The fourth-order valence-corrected chi connectivity index (χ4v) is 3.12. The van der Waals surface area contributed by atoms with Gasteiger partial charge in [0.05, 0.1) is 11.7 Å².